The van der Waals surface area contributed by atoms with Gasteiger partial charge in [0.2, 0.25) is 0 Å². The van der Waals surface area contributed by atoms with Crippen LogP contribution >= 0.6 is 11.6 Å². The van der Waals surface area contributed by atoms with Gasteiger partial charge in [-0.25, -0.2) is 0 Å². The molecule has 0 unspecified atom stereocenters. The van der Waals surface area contributed by atoms with Crippen molar-refractivity contribution in [2.45, 2.75) is 19.8 Å². The lowest BCUT2D eigenvalue weighted by Crippen LogP contribution is -2.41. The van der Waals surface area contributed by atoms with Crippen LogP contribution in [0.5, 0.6) is 0 Å². The van der Waals surface area contributed by atoms with Crippen LogP contribution in [0.3, 0.4) is 0 Å². The third-order valence-corrected chi connectivity index (χ3v) is 4.10. The first-order chi connectivity index (χ1) is 8.56. The molecule has 1 aliphatic heterocycles. The third-order valence-electron chi connectivity index (χ3n) is 3.80. The summed E-state index contributed by atoms with van der Waals surface area (Å²) in [6.45, 7) is 5.06. The molecular weight excluding hydrogens is 248 g/mol. The molecule has 18 heavy (non-hydrogen) atoms. The van der Waals surface area contributed by atoms with Crippen molar-refractivity contribution in [2.24, 2.45) is 5.41 Å². The molecule has 0 saturated carbocycles. The molecular formula is C14H21ClN2O. The first-order valence-corrected chi connectivity index (χ1v) is 6.71. The molecule has 100 valence electrons. The van der Waals surface area contributed by atoms with Gasteiger partial charge in [0, 0.05) is 20.2 Å². The average molecular weight is 269 g/mol. The van der Waals surface area contributed by atoms with Crippen LogP contribution in [0.1, 0.15) is 19.8 Å². The average Bonchev–Trinajstić information content (AvgIpc) is 2.32. The van der Waals surface area contributed by atoms with E-state index in [1.54, 1.807) is 7.11 Å². The van der Waals surface area contributed by atoms with Gasteiger partial charge in [-0.1, -0.05) is 24.6 Å². The monoisotopic (exact) mass is 268 g/mol. The van der Waals surface area contributed by atoms with E-state index in [9.17, 15) is 0 Å². The number of hydrogen-bond donors (Lipinski definition) is 1. The predicted molar refractivity (Wildman–Crippen MR) is 77.3 cm³/mol. The number of benzene rings is 1. The quantitative estimate of drug-likeness (QED) is 0.856. The summed E-state index contributed by atoms with van der Waals surface area (Å²) in [5, 5.41) is 0.741. The number of nitrogens with zero attached hydrogens (tertiary/aromatic N) is 1. The Morgan fingerprint density at radius 3 is 2.61 bits per heavy atom. The number of piperidine rings is 1. The van der Waals surface area contributed by atoms with E-state index in [-0.39, 0.29) is 5.41 Å². The number of methoxy groups -OCH3 is 1. The van der Waals surface area contributed by atoms with Crippen molar-refractivity contribution in [1.82, 2.24) is 0 Å². The number of para-hydroxylation sites is 1. The Hall–Kier alpha value is -0.930. The molecule has 0 atom stereocenters. The van der Waals surface area contributed by atoms with E-state index >= 15 is 0 Å². The maximum Gasteiger partial charge on any atom is 0.0789 e. The van der Waals surface area contributed by atoms with Gasteiger partial charge in [-0.2, -0.15) is 0 Å². The fourth-order valence-corrected chi connectivity index (χ4v) is 2.93. The van der Waals surface area contributed by atoms with Crippen LogP contribution in [0.4, 0.5) is 11.4 Å². The fraction of sp³-hybridized carbons (Fsp3) is 0.571. The number of ether oxygens (including phenoxy) is 1. The van der Waals surface area contributed by atoms with Gasteiger partial charge in [-0.05, 0) is 30.4 Å². The largest absolute Gasteiger partial charge is 0.397 e. The second kappa shape index (κ2) is 5.37. The summed E-state index contributed by atoms with van der Waals surface area (Å²) in [7, 11) is 1.77. The van der Waals surface area contributed by atoms with Gasteiger partial charge < -0.3 is 15.4 Å². The zero-order valence-corrected chi connectivity index (χ0v) is 11.8. The Balaban J connectivity index is 2.10. The second-order valence-electron chi connectivity index (χ2n) is 5.41. The van der Waals surface area contributed by atoms with E-state index in [0.29, 0.717) is 0 Å². The molecule has 1 fully saturated rings. The molecule has 0 amide bonds. The van der Waals surface area contributed by atoms with Crippen LogP contribution in [-0.4, -0.2) is 26.8 Å². The minimum Gasteiger partial charge on any atom is -0.397 e. The molecule has 1 aromatic rings. The van der Waals surface area contributed by atoms with Crippen molar-refractivity contribution in [3.8, 4) is 0 Å². The van der Waals surface area contributed by atoms with E-state index in [2.05, 4.69) is 11.8 Å². The van der Waals surface area contributed by atoms with Gasteiger partial charge in [0.15, 0.2) is 0 Å². The first kappa shape index (κ1) is 13.5. The minimum absolute atomic E-state index is 0.279. The van der Waals surface area contributed by atoms with Gasteiger partial charge in [0.05, 0.1) is 23.0 Å². The molecule has 1 aliphatic rings. The number of hydrogen-bond acceptors (Lipinski definition) is 3. The number of nitrogens with two attached hydrogens (primary N) is 1. The van der Waals surface area contributed by atoms with Crippen molar-refractivity contribution < 1.29 is 4.74 Å². The highest BCUT2D eigenvalue weighted by Crippen LogP contribution is 2.38. The predicted octanol–water partition coefficient (Wildman–Crippen LogP) is 3.18. The molecule has 0 radical (unpaired) electrons. The van der Waals surface area contributed by atoms with Crippen molar-refractivity contribution in [2.75, 3.05) is 37.4 Å². The zero-order chi connectivity index (χ0) is 13.2. The maximum absolute atomic E-state index is 6.25. The van der Waals surface area contributed by atoms with E-state index in [0.717, 1.165) is 48.9 Å². The van der Waals surface area contributed by atoms with Crippen LogP contribution in [0, 0.1) is 5.41 Å². The standard InChI is InChI=1S/C14H21ClN2O/c1-14(10-18-2)6-8-17(9-7-14)13-11(15)4-3-5-12(13)16/h3-5H,6-10,16H2,1-2H3. The Morgan fingerprint density at radius 2 is 2.06 bits per heavy atom. The van der Waals surface area contributed by atoms with Crippen LogP contribution < -0.4 is 10.6 Å². The molecule has 3 nitrogen and oxygen atoms in total. The molecule has 1 aromatic carbocycles. The molecule has 1 heterocycles. The number of rotatable bonds is 3. The van der Waals surface area contributed by atoms with Crippen molar-refractivity contribution >= 4 is 23.0 Å². The van der Waals surface area contributed by atoms with E-state index in [1.807, 2.05) is 18.2 Å². The summed E-state index contributed by atoms with van der Waals surface area (Å²) in [5.74, 6) is 0. The lowest BCUT2D eigenvalue weighted by Gasteiger charge is -2.40. The Morgan fingerprint density at radius 1 is 1.39 bits per heavy atom. The molecule has 1 saturated heterocycles. The van der Waals surface area contributed by atoms with E-state index in [1.165, 1.54) is 0 Å². The normalized spacial score (nSPS) is 18.9. The van der Waals surface area contributed by atoms with Crippen LogP contribution in [0.15, 0.2) is 18.2 Å². The summed E-state index contributed by atoms with van der Waals surface area (Å²) in [6.07, 6.45) is 2.21. The summed E-state index contributed by atoms with van der Waals surface area (Å²) in [5.41, 5.74) is 8.05. The van der Waals surface area contributed by atoms with E-state index < -0.39 is 0 Å². The molecule has 0 aromatic heterocycles. The number of halogens is 1. The molecule has 0 bridgehead atoms. The van der Waals surface area contributed by atoms with Crippen molar-refractivity contribution in [3.63, 3.8) is 0 Å². The van der Waals surface area contributed by atoms with Crippen molar-refractivity contribution in [3.05, 3.63) is 23.2 Å². The summed E-state index contributed by atoms with van der Waals surface area (Å²) in [4.78, 5) is 2.29. The highest BCUT2D eigenvalue weighted by atomic mass is 35.5. The van der Waals surface area contributed by atoms with Gasteiger partial charge in [-0.15, -0.1) is 0 Å². The lowest BCUT2D eigenvalue weighted by atomic mass is 9.81. The van der Waals surface area contributed by atoms with Crippen LogP contribution in [0.2, 0.25) is 5.02 Å². The molecule has 4 heteroatoms. The SMILES string of the molecule is COCC1(C)CCN(c2c(N)cccc2Cl)CC1. The molecule has 2 N–H and O–H groups in total. The molecule has 0 spiro atoms. The summed E-state index contributed by atoms with van der Waals surface area (Å²) >= 11 is 6.25. The van der Waals surface area contributed by atoms with Gasteiger partial charge in [0.1, 0.15) is 0 Å². The number of anilines is 2. The lowest BCUT2D eigenvalue weighted by molar-refractivity contribution is 0.0731. The maximum atomic E-state index is 6.25. The molecule has 2 rings (SSSR count). The van der Waals surface area contributed by atoms with Crippen LogP contribution in [-0.2, 0) is 4.74 Å². The van der Waals surface area contributed by atoms with Gasteiger partial charge >= 0.3 is 0 Å². The van der Waals surface area contributed by atoms with Gasteiger partial charge in [0.25, 0.3) is 0 Å². The summed E-state index contributed by atoms with van der Waals surface area (Å²) in [6, 6.07) is 5.69. The second-order valence-corrected chi connectivity index (χ2v) is 5.82. The Bertz CT molecular complexity index is 394. The van der Waals surface area contributed by atoms with Crippen molar-refractivity contribution in [1.29, 1.82) is 0 Å². The molecule has 0 aliphatic carbocycles. The fourth-order valence-electron chi connectivity index (χ4n) is 2.63. The number of nitrogen functional groups attached to an aromatic ring is 1. The highest BCUT2D eigenvalue weighted by Gasteiger charge is 2.31. The zero-order valence-electron chi connectivity index (χ0n) is 11.1. The first-order valence-electron chi connectivity index (χ1n) is 6.34. The van der Waals surface area contributed by atoms with Gasteiger partial charge in [-0.3, -0.25) is 0 Å². The minimum atomic E-state index is 0.279. The Labute approximate surface area is 114 Å². The third kappa shape index (κ3) is 2.73. The Kier molecular flexibility index (Phi) is 4.03. The van der Waals surface area contributed by atoms with E-state index in [4.69, 9.17) is 22.1 Å². The topological polar surface area (TPSA) is 38.5 Å². The summed E-state index contributed by atoms with van der Waals surface area (Å²) < 4.78 is 5.30. The highest BCUT2D eigenvalue weighted by molar-refractivity contribution is 6.34. The smallest absolute Gasteiger partial charge is 0.0789 e. The van der Waals surface area contributed by atoms with Crippen LogP contribution in [0.25, 0.3) is 0 Å².